The summed E-state index contributed by atoms with van der Waals surface area (Å²) in [6.07, 6.45) is 2.19. The SMILES string of the molecule is CCCCON(C)c1ccc(OCc2nc(-c3ccccc3)c(C)s2)cc1. The van der Waals surface area contributed by atoms with Crippen LogP contribution in [0.5, 0.6) is 5.75 Å². The molecule has 4 nitrogen and oxygen atoms in total. The molecule has 0 aliphatic rings. The number of benzene rings is 2. The number of aryl methyl sites for hydroxylation is 1. The molecule has 0 fully saturated rings. The molecule has 0 bridgehead atoms. The largest absolute Gasteiger partial charge is 0.486 e. The fraction of sp³-hybridized carbons (Fsp3) is 0.318. The van der Waals surface area contributed by atoms with Gasteiger partial charge in [-0.1, -0.05) is 43.7 Å². The predicted molar refractivity (Wildman–Crippen MR) is 112 cm³/mol. The number of rotatable bonds is 9. The summed E-state index contributed by atoms with van der Waals surface area (Å²) in [6.45, 7) is 5.47. The van der Waals surface area contributed by atoms with Crippen molar-refractivity contribution in [1.82, 2.24) is 4.98 Å². The zero-order valence-electron chi connectivity index (χ0n) is 16.1. The summed E-state index contributed by atoms with van der Waals surface area (Å²) in [5.74, 6) is 0.829. The Labute approximate surface area is 165 Å². The average Bonchev–Trinajstić information content (AvgIpc) is 3.08. The average molecular weight is 383 g/mol. The van der Waals surface area contributed by atoms with Crippen LogP contribution in [0.2, 0.25) is 0 Å². The molecule has 0 amide bonds. The maximum absolute atomic E-state index is 5.92. The van der Waals surface area contributed by atoms with E-state index in [0.29, 0.717) is 6.61 Å². The van der Waals surface area contributed by atoms with Crippen molar-refractivity contribution in [2.45, 2.75) is 33.3 Å². The topological polar surface area (TPSA) is 34.6 Å². The van der Waals surface area contributed by atoms with Gasteiger partial charge in [0.05, 0.1) is 18.0 Å². The molecule has 0 spiro atoms. The lowest BCUT2D eigenvalue weighted by Crippen LogP contribution is -2.18. The summed E-state index contributed by atoms with van der Waals surface area (Å²) in [4.78, 5) is 11.6. The molecule has 0 saturated heterocycles. The summed E-state index contributed by atoms with van der Waals surface area (Å²) >= 11 is 1.68. The fourth-order valence-corrected chi connectivity index (χ4v) is 3.56. The van der Waals surface area contributed by atoms with E-state index >= 15 is 0 Å². The highest BCUT2D eigenvalue weighted by Gasteiger charge is 2.10. The Morgan fingerprint density at radius 1 is 1.04 bits per heavy atom. The van der Waals surface area contributed by atoms with Crippen LogP contribution in [0.25, 0.3) is 11.3 Å². The molecule has 0 radical (unpaired) electrons. The molecule has 1 heterocycles. The second-order valence-electron chi connectivity index (χ2n) is 6.35. The Hall–Kier alpha value is -2.37. The smallest absolute Gasteiger partial charge is 0.140 e. The van der Waals surface area contributed by atoms with Gasteiger partial charge in [-0.25, -0.2) is 4.98 Å². The second kappa shape index (κ2) is 9.53. The second-order valence-corrected chi connectivity index (χ2v) is 7.63. The Kier molecular flexibility index (Phi) is 6.85. The van der Waals surface area contributed by atoms with Crippen molar-refractivity contribution < 1.29 is 9.57 Å². The van der Waals surface area contributed by atoms with Gasteiger partial charge in [-0.2, -0.15) is 0 Å². The number of unbranched alkanes of at least 4 members (excludes halogenated alkanes) is 1. The number of ether oxygens (including phenoxy) is 1. The summed E-state index contributed by atoms with van der Waals surface area (Å²) in [7, 11) is 1.93. The molecule has 5 heteroatoms. The predicted octanol–water partition coefficient (Wildman–Crippen LogP) is 5.87. The highest BCUT2D eigenvalue weighted by Crippen LogP contribution is 2.28. The number of hydroxylamine groups is 1. The van der Waals surface area contributed by atoms with E-state index in [1.165, 1.54) is 4.88 Å². The van der Waals surface area contributed by atoms with Gasteiger partial charge in [0.1, 0.15) is 17.4 Å². The minimum absolute atomic E-state index is 0.473. The lowest BCUT2D eigenvalue weighted by molar-refractivity contribution is 0.119. The molecule has 2 aromatic carbocycles. The van der Waals surface area contributed by atoms with E-state index in [0.717, 1.165) is 47.2 Å². The van der Waals surface area contributed by atoms with Crippen molar-refractivity contribution in [2.75, 3.05) is 18.7 Å². The van der Waals surface area contributed by atoms with Gasteiger partial charge in [0, 0.05) is 17.5 Å². The lowest BCUT2D eigenvalue weighted by atomic mass is 10.1. The molecule has 3 rings (SSSR count). The van der Waals surface area contributed by atoms with Crippen molar-refractivity contribution in [1.29, 1.82) is 0 Å². The molecule has 142 valence electrons. The van der Waals surface area contributed by atoms with Crippen LogP contribution < -0.4 is 9.80 Å². The van der Waals surface area contributed by atoms with Crippen LogP contribution in [-0.2, 0) is 11.4 Å². The normalized spacial score (nSPS) is 10.8. The van der Waals surface area contributed by atoms with E-state index in [1.54, 1.807) is 16.4 Å². The first kappa shape index (κ1) is 19.4. The molecular formula is C22H26N2O2S. The summed E-state index contributed by atoms with van der Waals surface area (Å²) in [5, 5.41) is 2.78. The Morgan fingerprint density at radius 3 is 2.48 bits per heavy atom. The summed E-state index contributed by atoms with van der Waals surface area (Å²) in [5.41, 5.74) is 3.20. The third-order valence-electron chi connectivity index (χ3n) is 4.23. The van der Waals surface area contributed by atoms with E-state index in [1.807, 2.05) is 49.5 Å². The van der Waals surface area contributed by atoms with Gasteiger partial charge in [-0.05, 0) is 37.6 Å². The molecule has 27 heavy (non-hydrogen) atoms. The van der Waals surface area contributed by atoms with Crippen molar-refractivity contribution in [2.24, 2.45) is 0 Å². The number of hydrogen-bond acceptors (Lipinski definition) is 5. The van der Waals surface area contributed by atoms with E-state index < -0.39 is 0 Å². The Balaban J connectivity index is 1.57. The van der Waals surface area contributed by atoms with E-state index in [-0.39, 0.29) is 0 Å². The molecular weight excluding hydrogens is 356 g/mol. The maximum Gasteiger partial charge on any atom is 0.140 e. The summed E-state index contributed by atoms with van der Waals surface area (Å²) < 4.78 is 5.92. The molecule has 0 N–H and O–H groups in total. The molecule has 0 atom stereocenters. The van der Waals surface area contributed by atoms with Crippen LogP contribution in [-0.4, -0.2) is 18.6 Å². The maximum atomic E-state index is 5.92. The molecule has 0 aliphatic heterocycles. The number of anilines is 1. The molecule has 1 aromatic heterocycles. The van der Waals surface area contributed by atoms with Crippen LogP contribution >= 0.6 is 11.3 Å². The van der Waals surface area contributed by atoms with Crippen LogP contribution in [0.1, 0.15) is 29.7 Å². The quantitative estimate of drug-likeness (QED) is 0.343. The van der Waals surface area contributed by atoms with E-state index in [9.17, 15) is 0 Å². The molecule has 0 saturated carbocycles. The molecule has 0 unspecified atom stereocenters. The Bertz CT molecular complexity index is 831. The van der Waals surface area contributed by atoms with Gasteiger partial charge in [-0.15, -0.1) is 11.3 Å². The number of thiazole rings is 1. The first-order valence-electron chi connectivity index (χ1n) is 9.28. The Morgan fingerprint density at radius 2 is 1.78 bits per heavy atom. The van der Waals surface area contributed by atoms with E-state index in [2.05, 4.69) is 26.0 Å². The third-order valence-corrected chi connectivity index (χ3v) is 5.18. The summed E-state index contributed by atoms with van der Waals surface area (Å²) in [6, 6.07) is 18.2. The van der Waals surface area contributed by atoms with Crippen LogP contribution in [0, 0.1) is 6.92 Å². The van der Waals surface area contributed by atoms with Gasteiger partial charge >= 0.3 is 0 Å². The number of aromatic nitrogens is 1. The van der Waals surface area contributed by atoms with Crippen molar-refractivity contribution >= 4 is 17.0 Å². The minimum atomic E-state index is 0.473. The number of hydrogen-bond donors (Lipinski definition) is 0. The minimum Gasteiger partial charge on any atom is -0.486 e. The standard InChI is InChI=1S/C22H26N2O2S/c1-4-5-15-26-24(3)19-11-13-20(14-12-19)25-16-21-23-22(17(2)27-21)18-9-7-6-8-10-18/h6-14H,4-5,15-16H2,1-3H3. The van der Waals surface area contributed by atoms with Crippen LogP contribution in [0.4, 0.5) is 5.69 Å². The number of nitrogens with zero attached hydrogens (tertiary/aromatic N) is 2. The van der Waals surface area contributed by atoms with Crippen molar-refractivity contribution in [3.8, 4) is 17.0 Å². The van der Waals surface area contributed by atoms with Crippen LogP contribution in [0.15, 0.2) is 54.6 Å². The zero-order valence-corrected chi connectivity index (χ0v) is 17.0. The van der Waals surface area contributed by atoms with Crippen molar-refractivity contribution in [3.63, 3.8) is 0 Å². The molecule has 0 aliphatic carbocycles. The molecule has 3 aromatic rings. The van der Waals surface area contributed by atoms with Gasteiger partial charge in [0.25, 0.3) is 0 Å². The first-order valence-corrected chi connectivity index (χ1v) is 10.1. The van der Waals surface area contributed by atoms with Gasteiger partial charge < -0.3 is 4.74 Å². The van der Waals surface area contributed by atoms with Gasteiger partial charge in [0.2, 0.25) is 0 Å². The third kappa shape index (κ3) is 5.31. The zero-order chi connectivity index (χ0) is 19.1. The van der Waals surface area contributed by atoms with Crippen molar-refractivity contribution in [3.05, 3.63) is 64.5 Å². The highest BCUT2D eigenvalue weighted by atomic mass is 32.1. The monoisotopic (exact) mass is 382 g/mol. The van der Waals surface area contributed by atoms with Gasteiger partial charge in [-0.3, -0.25) is 9.90 Å². The highest BCUT2D eigenvalue weighted by molar-refractivity contribution is 7.12. The fourth-order valence-electron chi connectivity index (χ4n) is 2.69. The van der Waals surface area contributed by atoms with Crippen LogP contribution in [0.3, 0.4) is 0 Å². The van der Waals surface area contributed by atoms with E-state index in [4.69, 9.17) is 14.6 Å². The first-order chi connectivity index (χ1) is 13.2. The van der Waals surface area contributed by atoms with Gasteiger partial charge in [0.15, 0.2) is 0 Å². The lowest BCUT2D eigenvalue weighted by Gasteiger charge is -2.18.